The molecule has 1 aliphatic rings. The van der Waals surface area contributed by atoms with E-state index in [1.165, 1.54) is 6.07 Å². The maximum Gasteiger partial charge on any atom is 0.315 e. The van der Waals surface area contributed by atoms with Crippen LogP contribution in [0, 0.1) is 11.7 Å². The minimum Gasteiger partial charge on any atom is -0.366 e. The lowest BCUT2D eigenvalue weighted by molar-refractivity contribution is -0.131. The molecule has 3 N–H and O–H groups in total. The van der Waals surface area contributed by atoms with E-state index in [9.17, 15) is 22.8 Å². The van der Waals surface area contributed by atoms with Gasteiger partial charge in [-0.25, -0.2) is 14.4 Å². The van der Waals surface area contributed by atoms with Crippen LogP contribution in [0.25, 0.3) is 11.0 Å². The molecule has 0 aliphatic heterocycles. The Kier molecular flexibility index (Phi) is 6.71. The van der Waals surface area contributed by atoms with Crippen LogP contribution < -0.4 is 16.0 Å². The Balaban J connectivity index is 1.53. The van der Waals surface area contributed by atoms with Crippen LogP contribution in [-0.2, 0) is 36.1 Å². The lowest BCUT2D eigenvalue weighted by atomic mass is 10.0. The lowest BCUT2D eigenvalue weighted by Gasteiger charge is -2.15. The van der Waals surface area contributed by atoms with Gasteiger partial charge in [0.15, 0.2) is 5.82 Å². The third-order valence-electron chi connectivity index (χ3n) is 5.76. The van der Waals surface area contributed by atoms with E-state index >= 15 is 0 Å². The molecule has 8 nitrogen and oxygen atoms in total. The Morgan fingerprint density at radius 3 is 2.59 bits per heavy atom. The number of nitrogens with one attached hydrogen (secondary N) is 3. The molecular weight excluding hydrogens is 449 g/mol. The van der Waals surface area contributed by atoms with Crippen molar-refractivity contribution in [3.05, 3.63) is 47.0 Å². The fraction of sp³-hybridized carbons (Fsp3) is 0.391. The van der Waals surface area contributed by atoms with Crippen LogP contribution >= 0.6 is 0 Å². The topological polar surface area (TPSA) is 101 Å². The Morgan fingerprint density at radius 1 is 1.15 bits per heavy atom. The molecule has 0 radical (unpaired) electrons. The first-order chi connectivity index (χ1) is 16.3. The SMILES string of the molecule is CCc1cc(CNC(=O)C(F)F)c(F)cc1CNc1cc2c(ncn2C)c(NC(=O)C2CC2)n1. The molecule has 4 rings (SSSR count). The first kappa shape index (κ1) is 23.5. The van der Waals surface area contributed by atoms with Crippen LogP contribution in [0.15, 0.2) is 24.5 Å². The summed E-state index contributed by atoms with van der Waals surface area (Å²) in [6.45, 7) is 1.82. The molecule has 0 unspecified atom stereocenters. The maximum atomic E-state index is 14.6. The Labute approximate surface area is 194 Å². The van der Waals surface area contributed by atoms with Gasteiger partial charge in [0.05, 0.1) is 11.8 Å². The number of aryl methyl sites for hydroxylation is 2. The van der Waals surface area contributed by atoms with Crippen molar-refractivity contribution in [2.75, 3.05) is 10.6 Å². The van der Waals surface area contributed by atoms with E-state index in [1.54, 1.807) is 18.5 Å². The van der Waals surface area contributed by atoms with Gasteiger partial charge in [0.2, 0.25) is 5.91 Å². The Hall–Kier alpha value is -3.63. The van der Waals surface area contributed by atoms with Gasteiger partial charge in [-0.1, -0.05) is 13.0 Å². The van der Waals surface area contributed by atoms with E-state index < -0.39 is 18.1 Å². The molecule has 180 valence electrons. The van der Waals surface area contributed by atoms with E-state index in [-0.39, 0.29) is 30.5 Å². The zero-order valence-electron chi connectivity index (χ0n) is 18.8. The molecule has 2 amide bonds. The molecule has 1 saturated carbocycles. The summed E-state index contributed by atoms with van der Waals surface area (Å²) < 4.78 is 41.2. The number of alkyl halides is 2. The normalized spacial score (nSPS) is 13.4. The largest absolute Gasteiger partial charge is 0.366 e. The van der Waals surface area contributed by atoms with Gasteiger partial charge >= 0.3 is 6.43 Å². The second-order valence-electron chi connectivity index (χ2n) is 8.28. The number of carbonyl (C=O) groups is 2. The number of aromatic nitrogens is 3. The number of rotatable bonds is 9. The zero-order valence-corrected chi connectivity index (χ0v) is 18.8. The van der Waals surface area contributed by atoms with E-state index in [0.29, 0.717) is 29.1 Å². The van der Waals surface area contributed by atoms with Crippen molar-refractivity contribution < 1.29 is 22.8 Å². The maximum absolute atomic E-state index is 14.6. The van der Waals surface area contributed by atoms with Gasteiger partial charge in [-0.3, -0.25) is 9.59 Å². The molecule has 0 spiro atoms. The molecule has 11 heteroatoms. The summed E-state index contributed by atoms with van der Waals surface area (Å²) in [6, 6.07) is 4.69. The molecule has 1 fully saturated rings. The minimum absolute atomic E-state index is 0.0104. The van der Waals surface area contributed by atoms with Crippen molar-refractivity contribution in [2.45, 2.75) is 45.7 Å². The van der Waals surface area contributed by atoms with E-state index in [4.69, 9.17) is 0 Å². The molecule has 2 heterocycles. The second kappa shape index (κ2) is 9.70. The van der Waals surface area contributed by atoms with Gasteiger partial charge in [0, 0.05) is 37.7 Å². The van der Waals surface area contributed by atoms with Crippen molar-refractivity contribution in [3.63, 3.8) is 0 Å². The molecule has 0 atom stereocenters. The molecule has 1 aliphatic carbocycles. The first-order valence-corrected chi connectivity index (χ1v) is 11.0. The van der Waals surface area contributed by atoms with Gasteiger partial charge in [-0.05, 0) is 36.5 Å². The standard InChI is InChI=1S/C23H25F3N6O2/c1-3-12-6-15(10-28-23(34)20(25)26)16(24)7-14(12)9-27-18-8-17-19(29-11-32(17)2)21(30-18)31-22(33)13-4-5-13/h6-8,11,13,20H,3-5,9-10H2,1-2H3,(H,28,34)(H2,27,30,31,33). The average Bonchev–Trinajstić information content (AvgIpc) is 3.60. The third kappa shape index (κ3) is 5.13. The number of carbonyl (C=O) groups excluding carboxylic acids is 2. The number of hydrogen-bond acceptors (Lipinski definition) is 5. The fourth-order valence-corrected chi connectivity index (χ4v) is 3.65. The van der Waals surface area contributed by atoms with Gasteiger partial charge in [-0.2, -0.15) is 8.78 Å². The predicted octanol–water partition coefficient (Wildman–Crippen LogP) is 3.51. The minimum atomic E-state index is -3.15. The van der Waals surface area contributed by atoms with Crippen molar-refractivity contribution in [2.24, 2.45) is 13.0 Å². The number of pyridine rings is 1. The summed E-state index contributed by atoms with van der Waals surface area (Å²) in [5.74, 6) is -1.26. The number of fused-ring (bicyclic) bond motifs is 1. The zero-order chi connectivity index (χ0) is 24.4. The van der Waals surface area contributed by atoms with Gasteiger partial charge < -0.3 is 20.5 Å². The second-order valence-corrected chi connectivity index (χ2v) is 8.28. The lowest BCUT2D eigenvalue weighted by Crippen LogP contribution is -2.29. The summed E-state index contributed by atoms with van der Waals surface area (Å²) in [6.07, 6.45) is 0.786. The highest BCUT2D eigenvalue weighted by molar-refractivity contribution is 6.00. The quantitative estimate of drug-likeness (QED) is 0.441. The van der Waals surface area contributed by atoms with Crippen molar-refractivity contribution in [1.29, 1.82) is 0 Å². The summed E-state index contributed by atoms with van der Waals surface area (Å²) in [4.78, 5) is 32.2. The number of anilines is 2. The Bertz CT molecular complexity index is 1240. The number of hydrogen-bond donors (Lipinski definition) is 3. The summed E-state index contributed by atoms with van der Waals surface area (Å²) >= 11 is 0. The number of nitrogens with zero attached hydrogens (tertiary/aromatic N) is 3. The highest BCUT2D eigenvalue weighted by atomic mass is 19.3. The summed E-state index contributed by atoms with van der Waals surface area (Å²) in [5.41, 5.74) is 2.96. The van der Waals surface area contributed by atoms with Gasteiger partial charge in [-0.15, -0.1) is 0 Å². The smallest absolute Gasteiger partial charge is 0.315 e. The van der Waals surface area contributed by atoms with Crippen LogP contribution in [0.1, 0.15) is 36.5 Å². The van der Waals surface area contributed by atoms with Crippen molar-refractivity contribution >= 4 is 34.5 Å². The third-order valence-corrected chi connectivity index (χ3v) is 5.76. The van der Waals surface area contributed by atoms with Crippen LogP contribution in [0.5, 0.6) is 0 Å². The number of imidazole rings is 1. The molecule has 0 saturated heterocycles. The number of halogens is 3. The van der Waals surface area contributed by atoms with Crippen LogP contribution in [0.4, 0.5) is 24.8 Å². The van der Waals surface area contributed by atoms with Crippen LogP contribution in [0.3, 0.4) is 0 Å². The molecular formula is C23H25F3N6O2. The molecule has 2 aromatic heterocycles. The number of benzene rings is 1. The van der Waals surface area contributed by atoms with Crippen molar-refractivity contribution in [3.8, 4) is 0 Å². The fourth-order valence-electron chi connectivity index (χ4n) is 3.65. The van der Waals surface area contributed by atoms with E-state index in [2.05, 4.69) is 20.6 Å². The van der Waals surface area contributed by atoms with Gasteiger partial charge in [0.1, 0.15) is 17.2 Å². The van der Waals surface area contributed by atoms with Crippen LogP contribution in [-0.4, -0.2) is 32.8 Å². The molecule has 3 aromatic rings. The Morgan fingerprint density at radius 2 is 1.91 bits per heavy atom. The highest BCUT2D eigenvalue weighted by Gasteiger charge is 2.30. The summed E-state index contributed by atoms with van der Waals surface area (Å²) in [7, 11) is 1.84. The average molecular weight is 474 g/mol. The predicted molar refractivity (Wildman–Crippen MR) is 121 cm³/mol. The summed E-state index contributed by atoms with van der Waals surface area (Å²) in [5, 5.41) is 8.06. The van der Waals surface area contributed by atoms with E-state index in [1.807, 2.05) is 23.9 Å². The molecule has 1 aromatic carbocycles. The highest BCUT2D eigenvalue weighted by Crippen LogP contribution is 2.31. The number of amides is 2. The van der Waals surface area contributed by atoms with Crippen molar-refractivity contribution in [1.82, 2.24) is 19.9 Å². The van der Waals surface area contributed by atoms with Crippen LogP contribution in [0.2, 0.25) is 0 Å². The van der Waals surface area contributed by atoms with Gasteiger partial charge in [0.25, 0.3) is 5.91 Å². The van der Waals surface area contributed by atoms with E-state index in [0.717, 1.165) is 23.9 Å². The monoisotopic (exact) mass is 474 g/mol. The molecule has 0 bridgehead atoms. The first-order valence-electron chi connectivity index (χ1n) is 11.0. The molecule has 34 heavy (non-hydrogen) atoms.